The Balaban J connectivity index is 1.83. The molecule has 3 aromatic carbocycles. The molecule has 1 aliphatic rings. The number of rotatable bonds is 6. The van der Waals surface area contributed by atoms with Crippen molar-refractivity contribution in [1.82, 2.24) is 4.90 Å². The van der Waals surface area contributed by atoms with Crippen LogP contribution in [0.5, 0.6) is 0 Å². The largest absolute Gasteiger partial charge is 0.366 e. The van der Waals surface area contributed by atoms with E-state index in [-0.39, 0.29) is 5.91 Å². The molecule has 0 radical (unpaired) electrons. The van der Waals surface area contributed by atoms with E-state index in [1.54, 1.807) is 18.2 Å². The van der Waals surface area contributed by atoms with Crippen LogP contribution in [0.25, 0.3) is 11.3 Å². The molecule has 6 nitrogen and oxygen atoms in total. The van der Waals surface area contributed by atoms with E-state index in [1.807, 2.05) is 56.6 Å². The Morgan fingerprint density at radius 2 is 1.74 bits per heavy atom. The summed E-state index contributed by atoms with van der Waals surface area (Å²) in [5.41, 5.74) is 11.2. The average molecular weight is 412 g/mol. The van der Waals surface area contributed by atoms with Gasteiger partial charge in [0.1, 0.15) is 0 Å². The number of hydrogen-bond donors (Lipinski definition) is 3. The SMILES string of the molecule is CN(C)Cc1cccc(N/C(=C2\C(=O)Nc3cc(C(N)=O)ccc32)c2ccccc2)c1. The number of anilines is 2. The molecule has 31 heavy (non-hydrogen) atoms. The van der Waals surface area contributed by atoms with E-state index >= 15 is 0 Å². The number of primary amides is 1. The van der Waals surface area contributed by atoms with Gasteiger partial charge in [0.15, 0.2) is 0 Å². The van der Waals surface area contributed by atoms with Crippen LogP contribution in [0.4, 0.5) is 11.4 Å². The molecule has 156 valence electrons. The van der Waals surface area contributed by atoms with Crippen LogP contribution in [-0.2, 0) is 11.3 Å². The summed E-state index contributed by atoms with van der Waals surface area (Å²) in [6, 6.07) is 22.9. The van der Waals surface area contributed by atoms with Crippen LogP contribution in [0, 0.1) is 0 Å². The fourth-order valence-corrected chi connectivity index (χ4v) is 3.72. The van der Waals surface area contributed by atoms with E-state index in [4.69, 9.17) is 5.73 Å². The highest BCUT2D eigenvalue weighted by Gasteiger charge is 2.29. The quantitative estimate of drug-likeness (QED) is 0.538. The van der Waals surface area contributed by atoms with Crippen LogP contribution >= 0.6 is 0 Å². The number of nitrogens with zero attached hydrogens (tertiary/aromatic N) is 1. The molecule has 0 spiro atoms. The van der Waals surface area contributed by atoms with E-state index in [0.717, 1.165) is 28.9 Å². The van der Waals surface area contributed by atoms with Crippen molar-refractivity contribution >= 4 is 34.5 Å². The van der Waals surface area contributed by atoms with Crippen molar-refractivity contribution in [1.29, 1.82) is 0 Å². The molecule has 3 aromatic rings. The summed E-state index contributed by atoms with van der Waals surface area (Å²) >= 11 is 0. The molecule has 0 aliphatic carbocycles. The van der Waals surface area contributed by atoms with Gasteiger partial charge in [-0.3, -0.25) is 9.59 Å². The van der Waals surface area contributed by atoms with Gasteiger partial charge in [0.2, 0.25) is 5.91 Å². The Bertz CT molecular complexity index is 1180. The lowest BCUT2D eigenvalue weighted by molar-refractivity contribution is -0.110. The van der Waals surface area contributed by atoms with Gasteiger partial charge in [0, 0.05) is 29.0 Å². The maximum absolute atomic E-state index is 13.0. The zero-order valence-corrected chi connectivity index (χ0v) is 17.5. The first-order valence-electron chi connectivity index (χ1n) is 9.98. The second kappa shape index (κ2) is 8.45. The van der Waals surface area contributed by atoms with Gasteiger partial charge in [-0.25, -0.2) is 0 Å². The number of hydrogen-bond acceptors (Lipinski definition) is 4. The highest BCUT2D eigenvalue weighted by Crippen LogP contribution is 2.38. The Hall–Kier alpha value is -3.90. The van der Waals surface area contributed by atoms with Gasteiger partial charge < -0.3 is 21.3 Å². The standard InChI is InChI=1S/C25H24N4O2/c1-29(2)15-16-7-6-10-19(13-16)27-23(17-8-4-3-5-9-17)22-20-12-11-18(24(26)30)14-21(20)28-25(22)31/h3-14,27H,15H2,1-2H3,(H2,26,30)(H,28,31)/b23-22-. The van der Waals surface area contributed by atoms with E-state index in [0.29, 0.717) is 22.5 Å². The highest BCUT2D eigenvalue weighted by atomic mass is 16.2. The summed E-state index contributed by atoms with van der Waals surface area (Å²) in [6.45, 7) is 0.811. The highest BCUT2D eigenvalue weighted by molar-refractivity contribution is 6.37. The number of fused-ring (bicyclic) bond motifs is 1. The van der Waals surface area contributed by atoms with Crippen molar-refractivity contribution in [3.63, 3.8) is 0 Å². The molecule has 0 atom stereocenters. The lowest BCUT2D eigenvalue weighted by Crippen LogP contribution is -2.12. The molecule has 6 heteroatoms. The molecule has 4 N–H and O–H groups in total. The summed E-state index contributed by atoms with van der Waals surface area (Å²) in [4.78, 5) is 26.7. The summed E-state index contributed by atoms with van der Waals surface area (Å²) < 4.78 is 0. The molecular weight excluding hydrogens is 388 g/mol. The predicted molar refractivity (Wildman–Crippen MR) is 124 cm³/mol. The van der Waals surface area contributed by atoms with Crippen LogP contribution in [-0.4, -0.2) is 30.8 Å². The number of amides is 2. The predicted octanol–water partition coefficient (Wildman–Crippen LogP) is 3.78. The van der Waals surface area contributed by atoms with Gasteiger partial charge in [0.05, 0.1) is 11.3 Å². The van der Waals surface area contributed by atoms with E-state index in [9.17, 15) is 9.59 Å². The molecule has 0 bridgehead atoms. The maximum Gasteiger partial charge on any atom is 0.258 e. The zero-order valence-electron chi connectivity index (χ0n) is 17.5. The van der Waals surface area contributed by atoms with Gasteiger partial charge in [-0.2, -0.15) is 0 Å². The first-order valence-corrected chi connectivity index (χ1v) is 9.98. The molecule has 0 saturated heterocycles. The van der Waals surface area contributed by atoms with Crippen molar-refractivity contribution in [3.05, 3.63) is 95.1 Å². The van der Waals surface area contributed by atoms with Crippen molar-refractivity contribution < 1.29 is 9.59 Å². The topological polar surface area (TPSA) is 87.5 Å². The van der Waals surface area contributed by atoms with Crippen molar-refractivity contribution in [2.24, 2.45) is 5.73 Å². The Morgan fingerprint density at radius 3 is 2.45 bits per heavy atom. The van der Waals surface area contributed by atoms with Gasteiger partial charge in [-0.05, 0) is 49.5 Å². The molecule has 0 fully saturated rings. The minimum Gasteiger partial charge on any atom is -0.366 e. The van der Waals surface area contributed by atoms with Crippen LogP contribution < -0.4 is 16.4 Å². The van der Waals surface area contributed by atoms with E-state index < -0.39 is 5.91 Å². The molecule has 0 unspecified atom stereocenters. The summed E-state index contributed by atoms with van der Waals surface area (Å²) in [7, 11) is 4.05. The third-order valence-corrected chi connectivity index (χ3v) is 5.06. The van der Waals surface area contributed by atoms with Crippen LogP contribution in [0.15, 0.2) is 72.8 Å². The lowest BCUT2D eigenvalue weighted by atomic mass is 9.99. The molecule has 1 heterocycles. The van der Waals surface area contributed by atoms with Crippen LogP contribution in [0.3, 0.4) is 0 Å². The maximum atomic E-state index is 13.0. The Kier molecular flexibility index (Phi) is 5.56. The first-order chi connectivity index (χ1) is 14.9. The van der Waals surface area contributed by atoms with Crippen molar-refractivity contribution in [3.8, 4) is 0 Å². The average Bonchev–Trinajstić information content (AvgIpc) is 3.07. The molecular formula is C25H24N4O2. The van der Waals surface area contributed by atoms with Crippen molar-refractivity contribution in [2.75, 3.05) is 24.7 Å². The molecule has 0 aromatic heterocycles. The summed E-state index contributed by atoms with van der Waals surface area (Å²) in [5, 5.41) is 6.33. The van der Waals surface area contributed by atoms with Crippen LogP contribution in [0.1, 0.15) is 27.0 Å². The fraction of sp³-hybridized carbons (Fsp3) is 0.120. The normalized spacial score (nSPS) is 14.2. The van der Waals surface area contributed by atoms with Gasteiger partial charge in [-0.15, -0.1) is 0 Å². The van der Waals surface area contributed by atoms with Crippen molar-refractivity contribution in [2.45, 2.75) is 6.54 Å². The van der Waals surface area contributed by atoms with Crippen LogP contribution in [0.2, 0.25) is 0 Å². The third kappa shape index (κ3) is 4.34. The van der Waals surface area contributed by atoms with Gasteiger partial charge in [-0.1, -0.05) is 48.5 Å². The minimum absolute atomic E-state index is 0.229. The molecule has 4 rings (SSSR count). The smallest absolute Gasteiger partial charge is 0.258 e. The van der Waals surface area contributed by atoms with E-state index in [2.05, 4.69) is 27.7 Å². The third-order valence-electron chi connectivity index (χ3n) is 5.06. The molecule has 0 saturated carbocycles. The second-order valence-corrected chi connectivity index (χ2v) is 7.76. The Morgan fingerprint density at radius 1 is 0.968 bits per heavy atom. The Labute approximate surface area is 181 Å². The zero-order chi connectivity index (χ0) is 22.0. The molecule has 1 aliphatic heterocycles. The summed E-state index contributed by atoms with van der Waals surface area (Å²) in [6.07, 6.45) is 0. The van der Waals surface area contributed by atoms with E-state index in [1.165, 1.54) is 0 Å². The fourth-order valence-electron chi connectivity index (χ4n) is 3.72. The lowest BCUT2D eigenvalue weighted by Gasteiger charge is -2.16. The minimum atomic E-state index is -0.534. The van der Waals surface area contributed by atoms with Gasteiger partial charge >= 0.3 is 0 Å². The number of nitrogens with one attached hydrogen (secondary N) is 2. The first kappa shape index (κ1) is 20.4. The number of carbonyl (C=O) groups excluding carboxylic acids is 2. The monoisotopic (exact) mass is 412 g/mol. The summed E-state index contributed by atoms with van der Waals surface area (Å²) in [5.74, 6) is -0.763. The van der Waals surface area contributed by atoms with Gasteiger partial charge in [0.25, 0.3) is 5.91 Å². The number of benzene rings is 3. The second-order valence-electron chi connectivity index (χ2n) is 7.76. The molecule has 2 amide bonds. The number of nitrogens with two attached hydrogens (primary N) is 1. The number of carbonyl (C=O) groups is 2.